The molecule has 12 heavy (non-hydrogen) atoms. The van der Waals surface area contributed by atoms with Crippen molar-refractivity contribution in [1.29, 1.82) is 0 Å². The molecule has 2 N–H and O–H groups in total. The lowest BCUT2D eigenvalue weighted by Gasteiger charge is -2.03. The summed E-state index contributed by atoms with van der Waals surface area (Å²) in [5.74, 6) is 0.290. The van der Waals surface area contributed by atoms with E-state index in [1.807, 2.05) is 19.1 Å². The Morgan fingerprint density at radius 3 is 2.50 bits per heavy atom. The third-order valence-corrected chi connectivity index (χ3v) is 1.62. The molecule has 64 valence electrons. The van der Waals surface area contributed by atoms with Crippen LogP contribution >= 0.6 is 12.2 Å². The van der Waals surface area contributed by atoms with Crippen LogP contribution in [0.2, 0.25) is 0 Å². The normalized spacial score (nSPS) is 9.42. The standard InChI is InChI=1S/C9H11NOS/c1-7(12)10-6-8-2-4-9(11)5-3-8/h2-5,11H,6H2,1H3,(H,10,12). The first-order valence-electron chi connectivity index (χ1n) is 3.71. The Balaban J connectivity index is 2.53. The van der Waals surface area contributed by atoms with E-state index in [0.717, 1.165) is 17.1 Å². The molecule has 0 bridgehead atoms. The Morgan fingerprint density at radius 2 is 2.00 bits per heavy atom. The number of nitrogens with one attached hydrogen (secondary N) is 1. The Kier molecular flexibility index (Phi) is 3.05. The fourth-order valence-corrected chi connectivity index (χ4v) is 0.913. The molecular weight excluding hydrogens is 170 g/mol. The molecule has 3 heteroatoms. The summed E-state index contributed by atoms with van der Waals surface area (Å²) in [7, 11) is 0. The fraction of sp³-hybridized carbons (Fsp3) is 0.222. The van der Waals surface area contributed by atoms with Crippen molar-refractivity contribution in [3.63, 3.8) is 0 Å². The van der Waals surface area contributed by atoms with Crippen LogP contribution in [0.4, 0.5) is 0 Å². The van der Waals surface area contributed by atoms with Crippen LogP contribution in [0.5, 0.6) is 5.75 Å². The average Bonchev–Trinajstić information content (AvgIpc) is 2.03. The van der Waals surface area contributed by atoms with Crippen LogP contribution < -0.4 is 5.32 Å². The highest BCUT2D eigenvalue weighted by atomic mass is 32.1. The molecule has 0 spiro atoms. The van der Waals surface area contributed by atoms with Gasteiger partial charge in [0.15, 0.2) is 0 Å². The monoisotopic (exact) mass is 181 g/mol. The number of phenols is 1. The molecule has 0 aliphatic heterocycles. The van der Waals surface area contributed by atoms with Crippen molar-refractivity contribution in [1.82, 2.24) is 5.32 Å². The summed E-state index contributed by atoms with van der Waals surface area (Å²) in [6.07, 6.45) is 0. The van der Waals surface area contributed by atoms with Gasteiger partial charge in [0.05, 0.1) is 4.99 Å². The Hall–Kier alpha value is -1.09. The average molecular weight is 181 g/mol. The molecule has 0 fully saturated rings. The van der Waals surface area contributed by atoms with Crippen molar-refractivity contribution in [2.75, 3.05) is 0 Å². The van der Waals surface area contributed by atoms with Crippen molar-refractivity contribution in [2.45, 2.75) is 13.5 Å². The summed E-state index contributed by atoms with van der Waals surface area (Å²) < 4.78 is 0. The van der Waals surface area contributed by atoms with Gasteiger partial charge in [-0.3, -0.25) is 0 Å². The third-order valence-electron chi connectivity index (χ3n) is 1.48. The van der Waals surface area contributed by atoms with Gasteiger partial charge in [-0.2, -0.15) is 0 Å². The van der Waals surface area contributed by atoms with Gasteiger partial charge in [-0.25, -0.2) is 0 Å². The number of rotatable bonds is 2. The third kappa shape index (κ3) is 2.88. The Morgan fingerprint density at radius 1 is 1.42 bits per heavy atom. The predicted octanol–water partition coefficient (Wildman–Crippen LogP) is 1.83. The molecule has 0 aromatic heterocycles. The highest BCUT2D eigenvalue weighted by Gasteiger charge is 1.92. The molecule has 0 aliphatic rings. The highest BCUT2D eigenvalue weighted by Crippen LogP contribution is 2.08. The lowest BCUT2D eigenvalue weighted by Crippen LogP contribution is -2.16. The molecule has 0 heterocycles. The summed E-state index contributed by atoms with van der Waals surface area (Å²) >= 11 is 4.86. The van der Waals surface area contributed by atoms with E-state index in [1.165, 1.54) is 0 Å². The van der Waals surface area contributed by atoms with Gasteiger partial charge < -0.3 is 10.4 Å². The van der Waals surface area contributed by atoms with Gasteiger partial charge in [0, 0.05) is 6.54 Å². The summed E-state index contributed by atoms with van der Waals surface area (Å²) in [6, 6.07) is 7.05. The predicted molar refractivity (Wildman–Crippen MR) is 53.2 cm³/mol. The molecule has 0 saturated heterocycles. The van der Waals surface area contributed by atoms with E-state index < -0.39 is 0 Å². The molecule has 2 nitrogen and oxygen atoms in total. The molecule has 0 radical (unpaired) electrons. The van der Waals surface area contributed by atoms with Crippen molar-refractivity contribution in [3.8, 4) is 5.75 Å². The van der Waals surface area contributed by atoms with Gasteiger partial charge in [-0.15, -0.1) is 0 Å². The van der Waals surface area contributed by atoms with Crippen LogP contribution in [0.25, 0.3) is 0 Å². The van der Waals surface area contributed by atoms with Gasteiger partial charge in [-0.05, 0) is 24.6 Å². The second-order valence-corrected chi connectivity index (χ2v) is 3.19. The Bertz CT molecular complexity index is 268. The maximum atomic E-state index is 8.99. The van der Waals surface area contributed by atoms with Crippen LogP contribution in [-0.4, -0.2) is 10.1 Å². The maximum Gasteiger partial charge on any atom is 0.115 e. The number of hydrogen-bond acceptors (Lipinski definition) is 2. The van der Waals surface area contributed by atoms with Crippen molar-refractivity contribution in [2.24, 2.45) is 0 Å². The molecule has 0 atom stereocenters. The lowest BCUT2D eigenvalue weighted by molar-refractivity contribution is 0.475. The van der Waals surface area contributed by atoms with Crippen molar-refractivity contribution >= 4 is 17.2 Å². The number of phenolic OH excluding ortho intramolecular Hbond substituents is 1. The summed E-state index contributed by atoms with van der Waals surface area (Å²) in [4.78, 5) is 0.781. The maximum absolute atomic E-state index is 8.99. The zero-order valence-electron chi connectivity index (χ0n) is 6.87. The van der Waals surface area contributed by atoms with Crippen LogP contribution in [0, 0.1) is 0 Å². The second-order valence-electron chi connectivity index (χ2n) is 2.58. The minimum atomic E-state index is 0.290. The van der Waals surface area contributed by atoms with E-state index in [0.29, 0.717) is 0 Å². The first kappa shape index (κ1) is 9.00. The van der Waals surface area contributed by atoms with Crippen LogP contribution in [-0.2, 0) is 6.54 Å². The highest BCUT2D eigenvalue weighted by molar-refractivity contribution is 7.80. The molecule has 0 unspecified atom stereocenters. The molecule has 0 amide bonds. The van der Waals surface area contributed by atoms with Gasteiger partial charge in [0.25, 0.3) is 0 Å². The van der Waals surface area contributed by atoms with E-state index in [9.17, 15) is 0 Å². The minimum Gasteiger partial charge on any atom is -0.508 e. The number of aromatic hydroxyl groups is 1. The Labute approximate surface area is 77.2 Å². The smallest absolute Gasteiger partial charge is 0.115 e. The van der Waals surface area contributed by atoms with E-state index >= 15 is 0 Å². The van der Waals surface area contributed by atoms with Crippen LogP contribution in [0.3, 0.4) is 0 Å². The van der Waals surface area contributed by atoms with E-state index in [-0.39, 0.29) is 5.75 Å². The topological polar surface area (TPSA) is 32.3 Å². The summed E-state index contributed by atoms with van der Waals surface area (Å²) in [6.45, 7) is 2.56. The second kappa shape index (κ2) is 4.07. The van der Waals surface area contributed by atoms with Crippen molar-refractivity contribution in [3.05, 3.63) is 29.8 Å². The molecule has 0 saturated carbocycles. The van der Waals surface area contributed by atoms with Gasteiger partial charge in [0.2, 0.25) is 0 Å². The SMILES string of the molecule is CC(=S)NCc1ccc(O)cc1. The van der Waals surface area contributed by atoms with Gasteiger partial charge >= 0.3 is 0 Å². The van der Waals surface area contributed by atoms with E-state index in [1.54, 1.807) is 12.1 Å². The van der Waals surface area contributed by atoms with Gasteiger partial charge in [-0.1, -0.05) is 24.4 Å². The largest absolute Gasteiger partial charge is 0.508 e. The lowest BCUT2D eigenvalue weighted by atomic mass is 10.2. The van der Waals surface area contributed by atoms with E-state index in [4.69, 9.17) is 17.3 Å². The minimum absolute atomic E-state index is 0.290. The number of hydrogen-bond donors (Lipinski definition) is 2. The fourth-order valence-electron chi connectivity index (χ4n) is 0.840. The quantitative estimate of drug-likeness (QED) is 0.683. The molecule has 1 aromatic rings. The number of thiocarbonyl (C=S) groups is 1. The molecule has 1 aromatic carbocycles. The summed E-state index contributed by atoms with van der Waals surface area (Å²) in [5, 5.41) is 12.0. The summed E-state index contributed by atoms with van der Waals surface area (Å²) in [5.41, 5.74) is 1.11. The molecule has 1 rings (SSSR count). The molecule has 0 aliphatic carbocycles. The first-order valence-corrected chi connectivity index (χ1v) is 4.11. The van der Waals surface area contributed by atoms with Crippen LogP contribution in [0.1, 0.15) is 12.5 Å². The first-order chi connectivity index (χ1) is 5.68. The van der Waals surface area contributed by atoms with E-state index in [2.05, 4.69) is 5.32 Å². The van der Waals surface area contributed by atoms with Crippen molar-refractivity contribution < 1.29 is 5.11 Å². The van der Waals surface area contributed by atoms with Gasteiger partial charge in [0.1, 0.15) is 5.75 Å². The van der Waals surface area contributed by atoms with Crippen LogP contribution in [0.15, 0.2) is 24.3 Å². The zero-order chi connectivity index (χ0) is 8.97. The number of benzene rings is 1. The molecular formula is C9H11NOS. The zero-order valence-corrected chi connectivity index (χ0v) is 7.69.